The van der Waals surface area contributed by atoms with Crippen LogP contribution in [0.25, 0.3) is 11.0 Å². The molecule has 1 N–H and O–H groups in total. The predicted molar refractivity (Wildman–Crippen MR) is 80.8 cm³/mol. The summed E-state index contributed by atoms with van der Waals surface area (Å²) in [6, 6.07) is 8.88. The molecule has 5 nitrogen and oxygen atoms in total. The number of H-pyrrole nitrogens is 1. The Kier molecular flexibility index (Phi) is 3.47. The van der Waals surface area contributed by atoms with Gasteiger partial charge in [0.2, 0.25) is 0 Å². The predicted octanol–water partition coefficient (Wildman–Crippen LogP) is 2.15. The highest BCUT2D eigenvalue weighted by molar-refractivity contribution is 7.90. The van der Waals surface area contributed by atoms with Gasteiger partial charge in [0.1, 0.15) is 5.82 Å². The molecule has 21 heavy (non-hydrogen) atoms. The van der Waals surface area contributed by atoms with Gasteiger partial charge in [-0.15, -0.1) is 0 Å². The third kappa shape index (κ3) is 3.11. The summed E-state index contributed by atoms with van der Waals surface area (Å²) in [6.07, 6.45) is 6.39. The maximum Gasteiger partial charge on any atom is 0.175 e. The van der Waals surface area contributed by atoms with Gasteiger partial charge in [-0.05, 0) is 36.2 Å². The minimum atomic E-state index is -3.20. The molecule has 0 aliphatic rings. The molecule has 108 valence electrons. The van der Waals surface area contributed by atoms with Crippen molar-refractivity contribution in [3.8, 4) is 0 Å². The first-order valence-electron chi connectivity index (χ1n) is 6.60. The van der Waals surface area contributed by atoms with Gasteiger partial charge in [-0.25, -0.2) is 13.4 Å². The van der Waals surface area contributed by atoms with E-state index in [-0.39, 0.29) is 0 Å². The van der Waals surface area contributed by atoms with E-state index in [0.29, 0.717) is 4.90 Å². The number of nitrogens with one attached hydrogen (secondary N) is 1. The first-order chi connectivity index (χ1) is 10.0. The van der Waals surface area contributed by atoms with Crippen LogP contribution in [-0.2, 0) is 22.7 Å². The van der Waals surface area contributed by atoms with E-state index in [9.17, 15) is 8.42 Å². The minimum Gasteiger partial charge on any atom is -0.342 e. The lowest BCUT2D eigenvalue weighted by Crippen LogP contribution is -1.96. The highest BCUT2D eigenvalue weighted by atomic mass is 32.2. The van der Waals surface area contributed by atoms with Crippen molar-refractivity contribution in [3.63, 3.8) is 0 Å². The molecular weight excluding hydrogens is 286 g/mol. The number of rotatable bonds is 4. The number of aromatic amines is 1. The fourth-order valence-electron chi connectivity index (χ4n) is 2.20. The number of nitrogens with zero attached hydrogens (tertiary/aromatic N) is 2. The molecule has 0 bridgehead atoms. The Balaban J connectivity index is 1.84. The number of fused-ring (bicyclic) bond motifs is 1. The van der Waals surface area contributed by atoms with E-state index in [1.165, 1.54) is 6.26 Å². The number of sulfone groups is 1. The SMILES string of the molecule is CS(=O)(=O)c1ccc2nc(CCc3cccnc3)[nH]c2c1. The monoisotopic (exact) mass is 301 g/mol. The van der Waals surface area contributed by atoms with Gasteiger partial charge in [0.25, 0.3) is 0 Å². The van der Waals surface area contributed by atoms with Crippen molar-refractivity contribution in [1.29, 1.82) is 0 Å². The summed E-state index contributed by atoms with van der Waals surface area (Å²) in [5, 5.41) is 0. The van der Waals surface area contributed by atoms with Crippen LogP contribution in [0.3, 0.4) is 0 Å². The van der Waals surface area contributed by atoms with Gasteiger partial charge in [-0.3, -0.25) is 4.98 Å². The maximum absolute atomic E-state index is 11.6. The van der Waals surface area contributed by atoms with Crippen LogP contribution in [-0.4, -0.2) is 29.6 Å². The number of aryl methyl sites for hydroxylation is 2. The van der Waals surface area contributed by atoms with Crippen LogP contribution >= 0.6 is 0 Å². The minimum absolute atomic E-state index is 0.303. The lowest BCUT2D eigenvalue weighted by atomic mass is 10.1. The lowest BCUT2D eigenvalue weighted by Gasteiger charge is -1.97. The van der Waals surface area contributed by atoms with E-state index in [4.69, 9.17) is 0 Å². The van der Waals surface area contributed by atoms with Crippen LogP contribution < -0.4 is 0 Å². The van der Waals surface area contributed by atoms with Gasteiger partial charge in [0, 0.05) is 25.1 Å². The average Bonchev–Trinajstić information content (AvgIpc) is 2.87. The van der Waals surface area contributed by atoms with Gasteiger partial charge in [0.05, 0.1) is 15.9 Å². The molecule has 0 amide bonds. The molecule has 0 spiro atoms. The van der Waals surface area contributed by atoms with Crippen molar-refractivity contribution >= 4 is 20.9 Å². The Bertz CT molecular complexity index is 870. The number of hydrogen-bond acceptors (Lipinski definition) is 4. The molecule has 0 fully saturated rings. The molecule has 0 unspecified atom stereocenters. The fourth-order valence-corrected chi connectivity index (χ4v) is 2.85. The van der Waals surface area contributed by atoms with Crippen LogP contribution in [0.5, 0.6) is 0 Å². The fraction of sp³-hybridized carbons (Fsp3) is 0.200. The molecular formula is C15H15N3O2S. The van der Waals surface area contributed by atoms with Gasteiger partial charge in [-0.1, -0.05) is 6.07 Å². The normalized spacial score (nSPS) is 11.9. The smallest absolute Gasteiger partial charge is 0.175 e. The van der Waals surface area contributed by atoms with Crippen molar-refractivity contribution in [3.05, 3.63) is 54.1 Å². The van der Waals surface area contributed by atoms with Crippen molar-refractivity contribution in [2.45, 2.75) is 17.7 Å². The van der Waals surface area contributed by atoms with E-state index in [1.54, 1.807) is 24.4 Å². The molecule has 2 aromatic heterocycles. The van der Waals surface area contributed by atoms with E-state index >= 15 is 0 Å². The Morgan fingerprint density at radius 2 is 2.05 bits per heavy atom. The molecule has 2 heterocycles. The second-order valence-corrected chi connectivity index (χ2v) is 7.01. The van der Waals surface area contributed by atoms with Crippen LogP contribution in [0.2, 0.25) is 0 Å². The van der Waals surface area contributed by atoms with Crippen LogP contribution in [0.4, 0.5) is 0 Å². The number of benzene rings is 1. The lowest BCUT2D eigenvalue weighted by molar-refractivity contribution is 0.602. The standard InChI is InChI=1S/C15H15N3O2S/c1-21(19,20)12-5-6-13-14(9-12)18-15(17-13)7-4-11-3-2-8-16-10-11/h2-3,5-6,8-10H,4,7H2,1H3,(H,17,18). The van der Waals surface area contributed by atoms with E-state index in [0.717, 1.165) is 35.3 Å². The van der Waals surface area contributed by atoms with Gasteiger partial charge in [0.15, 0.2) is 9.84 Å². The van der Waals surface area contributed by atoms with Crippen molar-refractivity contribution in [2.24, 2.45) is 0 Å². The average molecular weight is 301 g/mol. The Morgan fingerprint density at radius 3 is 2.76 bits per heavy atom. The largest absolute Gasteiger partial charge is 0.342 e. The van der Waals surface area contributed by atoms with Crippen molar-refractivity contribution < 1.29 is 8.42 Å². The summed E-state index contributed by atoms with van der Waals surface area (Å²) < 4.78 is 23.1. The third-order valence-corrected chi connectivity index (χ3v) is 4.41. The molecule has 3 aromatic rings. The van der Waals surface area contributed by atoms with Gasteiger partial charge in [-0.2, -0.15) is 0 Å². The summed E-state index contributed by atoms with van der Waals surface area (Å²) >= 11 is 0. The maximum atomic E-state index is 11.6. The van der Waals surface area contributed by atoms with E-state index in [1.807, 2.05) is 18.3 Å². The molecule has 3 rings (SSSR count). The zero-order valence-electron chi connectivity index (χ0n) is 11.6. The Morgan fingerprint density at radius 1 is 1.19 bits per heavy atom. The Hall–Kier alpha value is -2.21. The number of pyridine rings is 1. The van der Waals surface area contributed by atoms with E-state index in [2.05, 4.69) is 15.0 Å². The molecule has 0 atom stereocenters. The second kappa shape index (κ2) is 5.29. The molecule has 0 radical (unpaired) electrons. The van der Waals surface area contributed by atoms with Gasteiger partial charge < -0.3 is 4.98 Å². The summed E-state index contributed by atoms with van der Waals surface area (Å²) in [6.45, 7) is 0. The molecule has 0 aliphatic heterocycles. The quantitative estimate of drug-likeness (QED) is 0.801. The first-order valence-corrected chi connectivity index (χ1v) is 8.49. The molecule has 0 aliphatic carbocycles. The Labute approximate surface area is 123 Å². The summed E-state index contributed by atoms with van der Waals surface area (Å²) in [7, 11) is -3.20. The van der Waals surface area contributed by atoms with Crippen LogP contribution in [0, 0.1) is 0 Å². The summed E-state index contributed by atoms with van der Waals surface area (Å²) in [4.78, 5) is 12.0. The third-order valence-electron chi connectivity index (χ3n) is 3.30. The molecule has 1 aromatic carbocycles. The van der Waals surface area contributed by atoms with E-state index < -0.39 is 9.84 Å². The molecule has 0 saturated heterocycles. The highest BCUT2D eigenvalue weighted by Gasteiger charge is 2.10. The summed E-state index contributed by atoms with van der Waals surface area (Å²) in [5.74, 6) is 0.847. The molecule has 6 heteroatoms. The summed E-state index contributed by atoms with van der Waals surface area (Å²) in [5.41, 5.74) is 2.68. The van der Waals surface area contributed by atoms with Crippen molar-refractivity contribution in [2.75, 3.05) is 6.26 Å². The zero-order valence-corrected chi connectivity index (χ0v) is 12.4. The number of hydrogen-bond donors (Lipinski definition) is 1. The second-order valence-electron chi connectivity index (χ2n) is 5.00. The molecule has 0 saturated carbocycles. The first kappa shape index (κ1) is 13.8. The zero-order chi connectivity index (χ0) is 14.9. The van der Waals surface area contributed by atoms with Crippen LogP contribution in [0.15, 0.2) is 47.6 Å². The van der Waals surface area contributed by atoms with Crippen molar-refractivity contribution in [1.82, 2.24) is 15.0 Å². The topological polar surface area (TPSA) is 75.7 Å². The number of aromatic nitrogens is 3. The number of imidazole rings is 1. The highest BCUT2D eigenvalue weighted by Crippen LogP contribution is 2.18. The van der Waals surface area contributed by atoms with Crippen LogP contribution in [0.1, 0.15) is 11.4 Å². The van der Waals surface area contributed by atoms with Gasteiger partial charge >= 0.3 is 0 Å².